The van der Waals surface area contributed by atoms with E-state index in [2.05, 4.69) is 20.9 Å². The van der Waals surface area contributed by atoms with Crippen LogP contribution in [0.1, 0.15) is 42.4 Å². The van der Waals surface area contributed by atoms with Crippen molar-refractivity contribution in [3.8, 4) is 11.4 Å². The van der Waals surface area contributed by atoms with Crippen molar-refractivity contribution in [2.75, 3.05) is 13.7 Å². The Morgan fingerprint density at radius 1 is 1.17 bits per heavy atom. The Morgan fingerprint density at radius 3 is 2.50 bits per heavy atom. The number of hydrogen-bond donors (Lipinski definition) is 0. The second kappa shape index (κ2) is 11.5. The molecule has 0 bridgehead atoms. The topological polar surface area (TPSA) is 118 Å². The summed E-state index contributed by atoms with van der Waals surface area (Å²) in [6.07, 6.45) is 1.82. The summed E-state index contributed by atoms with van der Waals surface area (Å²) in [5.74, 6) is 0.0875. The van der Waals surface area contributed by atoms with Crippen LogP contribution in [0.3, 0.4) is 0 Å². The molecule has 0 amide bonds. The van der Waals surface area contributed by atoms with E-state index in [0.717, 1.165) is 22.6 Å². The number of allylic oxidation sites excluding steroid dienone is 1. The minimum Gasteiger partial charge on any atom is -0.496 e. The van der Waals surface area contributed by atoms with Gasteiger partial charge in [0.25, 0.3) is 11.2 Å². The molecular formula is C30H27BrN4O6S. The van der Waals surface area contributed by atoms with Crippen LogP contribution in [0, 0.1) is 24.0 Å². The number of halogens is 1. The summed E-state index contributed by atoms with van der Waals surface area (Å²) in [5, 5.41) is 11.1. The van der Waals surface area contributed by atoms with Crippen molar-refractivity contribution < 1.29 is 19.2 Å². The van der Waals surface area contributed by atoms with Gasteiger partial charge in [0.1, 0.15) is 5.75 Å². The molecule has 2 aromatic heterocycles. The van der Waals surface area contributed by atoms with E-state index in [4.69, 9.17) is 9.47 Å². The Kier molecular flexibility index (Phi) is 8.02. The molecule has 216 valence electrons. The van der Waals surface area contributed by atoms with E-state index in [1.807, 2.05) is 42.7 Å². The Labute approximate surface area is 253 Å². The number of hydrogen-bond acceptors (Lipinski definition) is 8. The lowest BCUT2D eigenvalue weighted by molar-refractivity contribution is -0.384. The predicted octanol–water partition coefficient (Wildman–Crippen LogP) is 4.89. The number of carbonyl (C=O) groups is 1. The number of nitro benzene ring substituents is 1. The number of nitro groups is 1. The van der Waals surface area contributed by atoms with Crippen LogP contribution >= 0.6 is 27.3 Å². The molecular weight excluding hydrogens is 624 g/mol. The Bertz CT molecular complexity index is 1950. The lowest BCUT2D eigenvalue weighted by Gasteiger charge is -2.25. The highest BCUT2D eigenvalue weighted by Gasteiger charge is 2.33. The van der Waals surface area contributed by atoms with E-state index in [9.17, 15) is 19.7 Å². The van der Waals surface area contributed by atoms with Gasteiger partial charge in [0.15, 0.2) is 4.80 Å². The molecule has 3 heterocycles. The third-order valence-electron chi connectivity index (χ3n) is 7.08. The van der Waals surface area contributed by atoms with Gasteiger partial charge >= 0.3 is 5.97 Å². The number of rotatable bonds is 7. The summed E-state index contributed by atoms with van der Waals surface area (Å²) in [6.45, 7) is 7.52. The van der Waals surface area contributed by atoms with Gasteiger partial charge in [-0.05, 0) is 91.2 Å². The first kappa shape index (κ1) is 29.2. The lowest BCUT2D eigenvalue weighted by atomic mass is 9.96. The summed E-state index contributed by atoms with van der Waals surface area (Å²) in [5.41, 5.74) is 4.57. The molecule has 0 N–H and O–H groups in total. The van der Waals surface area contributed by atoms with Crippen molar-refractivity contribution in [1.29, 1.82) is 0 Å². The number of benzene rings is 2. The summed E-state index contributed by atoms with van der Waals surface area (Å²) in [7, 11) is 1.57. The van der Waals surface area contributed by atoms with Gasteiger partial charge in [-0.3, -0.25) is 19.5 Å². The SMILES string of the molecule is CCOC(=O)C1=C(C)N=c2s/c(=C/c3cc(C)n(-c4ccc([N+](=O)[O-])cc4)c3C)c(=O)n2[C@H]1c1ccc(OC)c(Br)c1. The number of nitrogens with zero attached hydrogens (tertiary/aromatic N) is 4. The first-order valence-electron chi connectivity index (χ1n) is 13.0. The van der Waals surface area contributed by atoms with Crippen LogP contribution < -0.4 is 19.6 Å². The molecule has 0 saturated heterocycles. The molecule has 12 heteroatoms. The molecule has 0 spiro atoms. The minimum absolute atomic E-state index is 0.0125. The van der Waals surface area contributed by atoms with Gasteiger partial charge in [-0.1, -0.05) is 17.4 Å². The van der Waals surface area contributed by atoms with Crippen molar-refractivity contribution >= 4 is 45.0 Å². The molecule has 0 radical (unpaired) electrons. The lowest BCUT2D eigenvalue weighted by Crippen LogP contribution is -2.40. The average Bonchev–Trinajstić information content (AvgIpc) is 3.41. The molecule has 0 fully saturated rings. The molecule has 0 aliphatic carbocycles. The van der Waals surface area contributed by atoms with Crippen LogP contribution in [0.2, 0.25) is 0 Å². The monoisotopic (exact) mass is 650 g/mol. The number of aromatic nitrogens is 2. The zero-order chi connectivity index (χ0) is 30.3. The van der Waals surface area contributed by atoms with Crippen molar-refractivity contribution in [3.63, 3.8) is 0 Å². The zero-order valence-corrected chi connectivity index (χ0v) is 25.9. The highest BCUT2D eigenvalue weighted by molar-refractivity contribution is 9.10. The minimum atomic E-state index is -0.753. The van der Waals surface area contributed by atoms with E-state index in [0.29, 0.717) is 36.4 Å². The van der Waals surface area contributed by atoms with Crippen LogP contribution in [-0.4, -0.2) is 33.7 Å². The van der Waals surface area contributed by atoms with Gasteiger partial charge in [-0.15, -0.1) is 0 Å². The third kappa shape index (κ3) is 5.12. The molecule has 5 rings (SSSR count). The highest BCUT2D eigenvalue weighted by atomic mass is 79.9. The van der Waals surface area contributed by atoms with E-state index in [1.165, 1.54) is 23.5 Å². The number of non-ortho nitro benzene ring substituents is 1. The number of ether oxygens (including phenoxy) is 2. The second-order valence-electron chi connectivity index (χ2n) is 9.63. The van der Waals surface area contributed by atoms with Crippen molar-refractivity contribution in [3.05, 3.63) is 117 Å². The largest absolute Gasteiger partial charge is 0.496 e. The van der Waals surface area contributed by atoms with Crippen LogP contribution in [-0.2, 0) is 9.53 Å². The molecule has 1 aliphatic heterocycles. The smallest absolute Gasteiger partial charge is 0.338 e. The maximum absolute atomic E-state index is 14.0. The van der Waals surface area contributed by atoms with E-state index in [-0.39, 0.29) is 17.9 Å². The Hall–Kier alpha value is -4.29. The Morgan fingerprint density at radius 2 is 1.88 bits per heavy atom. The number of fused-ring (bicyclic) bond motifs is 1. The van der Waals surface area contributed by atoms with Gasteiger partial charge < -0.3 is 14.0 Å². The van der Waals surface area contributed by atoms with Crippen LogP contribution in [0.4, 0.5) is 5.69 Å². The molecule has 1 atom stereocenters. The quantitative estimate of drug-likeness (QED) is 0.160. The average molecular weight is 652 g/mol. The summed E-state index contributed by atoms with van der Waals surface area (Å²) < 4.78 is 15.4. The predicted molar refractivity (Wildman–Crippen MR) is 163 cm³/mol. The summed E-state index contributed by atoms with van der Waals surface area (Å²) in [4.78, 5) is 43.0. The maximum atomic E-state index is 14.0. The van der Waals surface area contributed by atoms with Crippen molar-refractivity contribution in [2.45, 2.75) is 33.7 Å². The number of esters is 1. The van der Waals surface area contributed by atoms with E-state index in [1.54, 1.807) is 43.7 Å². The van der Waals surface area contributed by atoms with Crippen LogP contribution in [0.15, 0.2) is 74.1 Å². The second-order valence-corrected chi connectivity index (χ2v) is 11.5. The fourth-order valence-electron chi connectivity index (χ4n) is 5.16. The molecule has 4 aromatic rings. The summed E-state index contributed by atoms with van der Waals surface area (Å²) in [6, 6.07) is 13.0. The van der Waals surface area contributed by atoms with Gasteiger partial charge in [0.2, 0.25) is 0 Å². The third-order valence-corrected chi connectivity index (χ3v) is 8.69. The standard InChI is InChI=1S/C30H27BrN4O6S/c1-6-41-29(37)26-17(3)32-30-34(27(26)19-7-12-24(40-5)23(31)14-19)28(36)25(42-30)15-20-13-16(2)33(18(20)4)21-8-10-22(11-9-21)35(38)39/h7-15,27H,6H2,1-5H3/b25-15+/t27-/m0/s1. The van der Waals surface area contributed by atoms with Gasteiger partial charge in [-0.25, -0.2) is 9.79 Å². The van der Waals surface area contributed by atoms with Crippen molar-refractivity contribution in [1.82, 2.24) is 9.13 Å². The van der Waals surface area contributed by atoms with E-state index >= 15 is 0 Å². The summed E-state index contributed by atoms with van der Waals surface area (Å²) >= 11 is 4.77. The molecule has 1 aliphatic rings. The zero-order valence-electron chi connectivity index (χ0n) is 23.5. The van der Waals surface area contributed by atoms with Gasteiger partial charge in [-0.2, -0.15) is 0 Å². The van der Waals surface area contributed by atoms with Gasteiger partial charge in [0.05, 0.1) is 45.0 Å². The molecule has 42 heavy (non-hydrogen) atoms. The molecule has 0 unspecified atom stereocenters. The van der Waals surface area contributed by atoms with Crippen LogP contribution in [0.25, 0.3) is 11.8 Å². The fourth-order valence-corrected chi connectivity index (χ4v) is 6.75. The fraction of sp³-hybridized carbons (Fsp3) is 0.233. The highest BCUT2D eigenvalue weighted by Crippen LogP contribution is 2.35. The first-order chi connectivity index (χ1) is 20.0. The first-order valence-corrected chi connectivity index (χ1v) is 14.6. The Balaban J connectivity index is 1.67. The molecule has 2 aromatic carbocycles. The van der Waals surface area contributed by atoms with E-state index < -0.39 is 16.9 Å². The van der Waals surface area contributed by atoms with Crippen molar-refractivity contribution in [2.24, 2.45) is 4.99 Å². The number of aryl methyl sites for hydroxylation is 1. The molecule has 10 nitrogen and oxygen atoms in total. The normalized spacial score (nSPS) is 14.9. The number of carbonyl (C=O) groups excluding carboxylic acids is 1. The van der Waals surface area contributed by atoms with Gasteiger partial charge in [0, 0.05) is 29.2 Å². The maximum Gasteiger partial charge on any atom is 0.338 e. The van der Waals surface area contributed by atoms with Crippen LogP contribution in [0.5, 0.6) is 5.75 Å². The number of thiazole rings is 1. The number of methoxy groups -OCH3 is 1. The molecule has 0 saturated carbocycles.